The SMILES string of the molecule is CC(C)=C[C@H](NC(=O)OC(C)(C)C)[C@@H](O)C(=O)OC1C[C@@]2(O)[C@@H](OC(=O)c3ccccc3)[C@H]3[C@](C)(CC(=O)C(=C1C)C2(C)C)[C@@H](O)C[C@H]1OC[C@]13O.[Ac]. The number of hydrogen-bond acceptors (Lipinski definition) is 12. The van der Waals surface area contributed by atoms with Crippen LogP contribution >= 0.6 is 0 Å². The van der Waals surface area contributed by atoms with Crippen LogP contribution in [0.1, 0.15) is 91.9 Å². The van der Waals surface area contributed by atoms with Crippen molar-refractivity contribution in [1.82, 2.24) is 5.32 Å². The van der Waals surface area contributed by atoms with Crippen molar-refractivity contribution in [3.8, 4) is 0 Å². The van der Waals surface area contributed by atoms with E-state index in [0.29, 0.717) is 11.1 Å². The van der Waals surface area contributed by atoms with Gasteiger partial charge in [0.15, 0.2) is 11.9 Å². The molecule has 3 fully saturated rings. The van der Waals surface area contributed by atoms with E-state index in [1.54, 1.807) is 92.6 Å². The van der Waals surface area contributed by atoms with Crippen LogP contribution in [-0.2, 0) is 28.5 Å². The summed E-state index contributed by atoms with van der Waals surface area (Å²) in [5.41, 5.74) is -6.29. The minimum Gasteiger partial charge on any atom is -0.456 e. The van der Waals surface area contributed by atoms with Crippen molar-refractivity contribution < 1.29 is 103 Å². The molecule has 1 saturated heterocycles. The first kappa shape index (κ1) is 43.5. The fourth-order valence-electron chi connectivity index (χ4n) is 8.76. The Balaban J connectivity index is 0.00000627. The fourth-order valence-corrected chi connectivity index (χ4v) is 8.76. The average molecular weight is 955 g/mol. The Morgan fingerprint density at radius 1 is 1.06 bits per heavy atom. The molecule has 53 heavy (non-hydrogen) atoms. The van der Waals surface area contributed by atoms with Crippen LogP contribution in [0.25, 0.3) is 0 Å². The number of benzene rings is 1. The quantitative estimate of drug-likeness (QED) is 0.152. The van der Waals surface area contributed by atoms with E-state index in [4.69, 9.17) is 18.9 Å². The van der Waals surface area contributed by atoms with Gasteiger partial charge in [0.25, 0.3) is 0 Å². The second kappa shape index (κ2) is 15.4. The summed E-state index contributed by atoms with van der Waals surface area (Å²) < 4.78 is 23.2. The minimum absolute atomic E-state index is 0. The third kappa shape index (κ3) is 7.94. The average Bonchev–Trinajstić information content (AvgIpc) is 3.02. The van der Waals surface area contributed by atoms with E-state index < -0.39 is 100 Å². The molecule has 5 rings (SSSR count). The third-order valence-corrected chi connectivity index (χ3v) is 11.5. The topological polar surface area (TPSA) is 198 Å². The standard InChI is InChI=1S/C39H53NO12.Ac/c1-20(2)15-23(40-34(46)52-35(4,5)6)29(43)33(45)50-25-18-39(48)31(51-32(44)22-13-11-10-12-14-22)30-37(9,26(42)16-27-38(30,47)19-49-27)17-24(41)28(21(25)3)36(39,7)8;/h10-15,23,25-27,29-31,42-43,47-48H,16-19H2,1-9H3,(H,40,46);/t23-,25?,26-,27+,29+,30-,31-,37+,38-,39+;/m0./s1. The van der Waals surface area contributed by atoms with Crippen molar-refractivity contribution in [3.05, 3.63) is 58.7 Å². The fraction of sp³-hybridized carbons (Fsp3) is 0.641. The molecule has 1 radical (unpaired) electrons. The van der Waals surface area contributed by atoms with Crippen molar-refractivity contribution in [3.63, 3.8) is 0 Å². The number of amides is 1. The maximum Gasteiger partial charge on any atom is 0.408 e. The van der Waals surface area contributed by atoms with Crippen LogP contribution in [0.2, 0.25) is 0 Å². The molecule has 1 heterocycles. The summed E-state index contributed by atoms with van der Waals surface area (Å²) in [5.74, 6) is -3.61. The molecule has 14 heteroatoms. The molecule has 4 aliphatic rings. The van der Waals surface area contributed by atoms with Crippen LogP contribution in [0.4, 0.5) is 4.79 Å². The number of esters is 2. The van der Waals surface area contributed by atoms with Crippen LogP contribution in [0, 0.1) is 60.8 Å². The number of nitrogens with one attached hydrogen (secondary N) is 1. The van der Waals surface area contributed by atoms with Gasteiger partial charge in [-0.05, 0) is 59.2 Å². The molecule has 1 aliphatic heterocycles. The zero-order valence-electron chi connectivity index (χ0n) is 32.0. The number of ether oxygens (including phenoxy) is 4. The van der Waals surface area contributed by atoms with Gasteiger partial charge >= 0.3 is 18.0 Å². The Morgan fingerprint density at radius 3 is 2.23 bits per heavy atom. The molecular formula is C39H53AcNO12. The van der Waals surface area contributed by atoms with Gasteiger partial charge in [-0.1, -0.05) is 50.6 Å². The van der Waals surface area contributed by atoms with E-state index in [-0.39, 0.29) is 74.6 Å². The third-order valence-electron chi connectivity index (χ3n) is 11.5. The summed E-state index contributed by atoms with van der Waals surface area (Å²) in [4.78, 5) is 54.7. The van der Waals surface area contributed by atoms with Gasteiger partial charge in [0.1, 0.15) is 29.0 Å². The molecule has 2 saturated carbocycles. The number of fused-ring (bicyclic) bond motifs is 5. The van der Waals surface area contributed by atoms with E-state index in [2.05, 4.69) is 5.32 Å². The van der Waals surface area contributed by atoms with E-state index >= 15 is 0 Å². The molecule has 1 amide bonds. The summed E-state index contributed by atoms with van der Waals surface area (Å²) in [6.07, 6.45) is -6.90. The monoisotopic (exact) mass is 954 g/mol. The molecular weight excluding hydrogens is 901 g/mol. The molecule has 1 unspecified atom stereocenters. The van der Waals surface area contributed by atoms with Crippen molar-refractivity contribution in [2.24, 2.45) is 16.7 Å². The number of Topliss-reactive ketones (excluding diaryl/α,β-unsaturated/α-hetero) is 1. The van der Waals surface area contributed by atoms with Crippen molar-refractivity contribution in [2.45, 2.75) is 135 Å². The number of hydrogen-bond donors (Lipinski definition) is 5. The number of allylic oxidation sites excluding steroid dienone is 1. The van der Waals surface area contributed by atoms with Gasteiger partial charge in [-0.25, -0.2) is 14.4 Å². The summed E-state index contributed by atoms with van der Waals surface area (Å²) >= 11 is 0. The van der Waals surface area contributed by atoms with Gasteiger partial charge in [-0.15, -0.1) is 0 Å². The molecule has 0 spiro atoms. The van der Waals surface area contributed by atoms with Gasteiger partial charge in [0, 0.05) is 85.6 Å². The Hall–Kier alpha value is -2.18. The van der Waals surface area contributed by atoms with Crippen molar-refractivity contribution in [2.75, 3.05) is 6.61 Å². The first-order valence-corrected chi connectivity index (χ1v) is 17.7. The Labute approximate surface area is 346 Å². The van der Waals surface area contributed by atoms with Crippen LogP contribution in [-0.4, -0.2) is 104 Å². The Kier molecular flexibility index (Phi) is 12.7. The van der Waals surface area contributed by atoms with Gasteiger partial charge in [-0.2, -0.15) is 0 Å². The zero-order chi connectivity index (χ0) is 38.8. The molecule has 10 atom stereocenters. The molecule has 0 aromatic heterocycles. The molecule has 1 aromatic carbocycles. The van der Waals surface area contributed by atoms with E-state index in [1.165, 1.54) is 6.08 Å². The van der Waals surface area contributed by atoms with E-state index in [1.807, 2.05) is 0 Å². The van der Waals surface area contributed by atoms with Crippen LogP contribution in [0.15, 0.2) is 53.1 Å². The molecule has 1 aromatic rings. The number of rotatable bonds is 7. The minimum atomic E-state index is -2.19. The van der Waals surface area contributed by atoms with Crippen molar-refractivity contribution in [1.29, 1.82) is 0 Å². The number of aliphatic hydroxyl groups excluding tert-OH is 2. The Bertz CT molecular complexity index is 1670. The maximum atomic E-state index is 14.5. The van der Waals surface area contributed by atoms with Crippen LogP contribution < -0.4 is 5.32 Å². The number of ketones is 1. The number of carbonyl (C=O) groups excluding carboxylic acids is 4. The molecule has 13 nitrogen and oxygen atoms in total. The summed E-state index contributed by atoms with van der Waals surface area (Å²) in [7, 11) is 0. The number of carbonyl (C=O) groups is 4. The second-order valence-electron chi connectivity index (χ2n) is 16.9. The van der Waals surface area contributed by atoms with Crippen LogP contribution in [0.5, 0.6) is 0 Å². The summed E-state index contributed by atoms with van der Waals surface area (Å²) in [6.45, 7) is 14.8. The molecule has 5 N–H and O–H groups in total. The van der Waals surface area contributed by atoms with Gasteiger partial charge < -0.3 is 44.7 Å². The van der Waals surface area contributed by atoms with E-state index in [9.17, 15) is 39.6 Å². The van der Waals surface area contributed by atoms with Gasteiger partial charge in [-0.3, -0.25) is 4.79 Å². The van der Waals surface area contributed by atoms with Crippen LogP contribution in [0.3, 0.4) is 0 Å². The number of alkyl carbamates (subject to hydrolysis) is 1. The number of aliphatic hydroxyl groups is 4. The Morgan fingerprint density at radius 2 is 1.68 bits per heavy atom. The second-order valence-corrected chi connectivity index (χ2v) is 16.9. The van der Waals surface area contributed by atoms with E-state index in [0.717, 1.165) is 0 Å². The largest absolute Gasteiger partial charge is 0.456 e. The maximum absolute atomic E-state index is 14.5. The molecule has 289 valence electrons. The summed E-state index contributed by atoms with van der Waals surface area (Å²) in [6, 6.07) is 6.84. The molecule has 2 bridgehead atoms. The molecule has 3 aliphatic carbocycles. The first-order valence-electron chi connectivity index (χ1n) is 17.7. The van der Waals surface area contributed by atoms with Gasteiger partial charge in [0.05, 0.1) is 30.4 Å². The van der Waals surface area contributed by atoms with Gasteiger partial charge in [0.2, 0.25) is 0 Å². The predicted molar refractivity (Wildman–Crippen MR) is 187 cm³/mol. The first-order chi connectivity index (χ1) is 24.0. The smallest absolute Gasteiger partial charge is 0.408 e. The predicted octanol–water partition coefficient (Wildman–Crippen LogP) is 3.31. The zero-order valence-corrected chi connectivity index (χ0v) is 36.7. The summed E-state index contributed by atoms with van der Waals surface area (Å²) in [5, 5.41) is 50.7. The normalized spacial score (nSPS) is 34.2. The van der Waals surface area contributed by atoms with Crippen molar-refractivity contribution >= 4 is 23.8 Å².